The summed E-state index contributed by atoms with van der Waals surface area (Å²) < 4.78 is 0. The third-order valence-corrected chi connectivity index (χ3v) is 2.82. The second-order valence-electron chi connectivity index (χ2n) is 3.63. The lowest BCUT2D eigenvalue weighted by Crippen LogP contribution is -1.97. The Balaban J connectivity index is 2.24. The summed E-state index contributed by atoms with van der Waals surface area (Å²) in [5.41, 5.74) is 4.36. The van der Waals surface area contributed by atoms with Gasteiger partial charge in [0.05, 0.1) is 0 Å². The molecule has 1 nitrogen and oxygen atoms in total. The first-order valence-electron chi connectivity index (χ1n) is 4.22. The molecule has 1 N–H and O–H groups in total. The molecule has 2 unspecified atom stereocenters. The summed E-state index contributed by atoms with van der Waals surface area (Å²) in [7, 11) is 0. The molecule has 0 saturated heterocycles. The van der Waals surface area contributed by atoms with Crippen LogP contribution in [0.1, 0.15) is 23.5 Å². The molecule has 1 heteroatoms. The third kappa shape index (κ3) is 0.609. The fourth-order valence-electron chi connectivity index (χ4n) is 2.08. The molecule has 3 rings (SSSR count). The molecule has 0 spiro atoms. The van der Waals surface area contributed by atoms with Gasteiger partial charge in [-0.05, 0) is 24.5 Å². The molecule has 0 bridgehead atoms. The van der Waals surface area contributed by atoms with Crippen LogP contribution in [-0.4, -0.2) is 6.04 Å². The van der Waals surface area contributed by atoms with E-state index in [9.17, 15) is 0 Å². The number of fused-ring (bicyclic) bond motifs is 3. The van der Waals surface area contributed by atoms with E-state index in [4.69, 9.17) is 0 Å². The van der Waals surface area contributed by atoms with E-state index in [1.54, 1.807) is 5.56 Å². The quantitative estimate of drug-likeness (QED) is 0.590. The molecule has 1 fully saturated rings. The number of nitrogens with one attached hydrogen (secondary N) is 1. The molecule has 1 heterocycles. The second kappa shape index (κ2) is 1.60. The average Bonchev–Trinajstić information content (AvgIpc) is 2.67. The van der Waals surface area contributed by atoms with E-state index in [1.807, 2.05) is 0 Å². The van der Waals surface area contributed by atoms with Crippen molar-refractivity contribution in [2.45, 2.75) is 25.3 Å². The highest BCUT2D eigenvalue weighted by atomic mass is 15.0. The smallest absolute Gasteiger partial charge is 0.0408 e. The predicted octanol–water partition coefficient (Wildman–Crippen LogP) is 2.28. The minimum atomic E-state index is 0.783. The van der Waals surface area contributed by atoms with Crippen LogP contribution >= 0.6 is 0 Å². The SMILES string of the molecule is Cc1cccc2c1NC1CC21. The van der Waals surface area contributed by atoms with Gasteiger partial charge in [0.2, 0.25) is 0 Å². The number of anilines is 1. The second-order valence-corrected chi connectivity index (χ2v) is 3.63. The molecule has 0 aromatic heterocycles. The molecular weight excluding hydrogens is 134 g/mol. The lowest BCUT2D eigenvalue weighted by Gasteiger charge is -2.06. The lowest BCUT2D eigenvalue weighted by molar-refractivity contribution is 1.14. The Kier molecular flexibility index (Phi) is 0.823. The summed E-state index contributed by atoms with van der Waals surface area (Å²) in [5.74, 6) is 0.852. The maximum absolute atomic E-state index is 3.54. The molecule has 0 amide bonds. The lowest BCUT2D eigenvalue weighted by atomic mass is 10.1. The van der Waals surface area contributed by atoms with Crippen molar-refractivity contribution < 1.29 is 0 Å². The van der Waals surface area contributed by atoms with Crippen LogP contribution in [0.5, 0.6) is 0 Å². The highest BCUT2D eigenvalue weighted by molar-refractivity contribution is 5.67. The Bertz CT molecular complexity index is 317. The van der Waals surface area contributed by atoms with Crippen LogP contribution in [0, 0.1) is 6.92 Å². The van der Waals surface area contributed by atoms with Gasteiger partial charge in [-0.1, -0.05) is 18.2 Å². The van der Waals surface area contributed by atoms with E-state index in [1.165, 1.54) is 17.7 Å². The monoisotopic (exact) mass is 145 g/mol. The average molecular weight is 145 g/mol. The first-order valence-corrected chi connectivity index (χ1v) is 4.22. The van der Waals surface area contributed by atoms with Crippen LogP contribution in [-0.2, 0) is 0 Å². The largest absolute Gasteiger partial charge is 0.381 e. The van der Waals surface area contributed by atoms with Crippen molar-refractivity contribution in [1.29, 1.82) is 0 Å². The molecule has 11 heavy (non-hydrogen) atoms. The Morgan fingerprint density at radius 2 is 2.36 bits per heavy atom. The standard InChI is InChI=1S/C10H11N/c1-6-3-2-4-7-8-5-9(8)11-10(6)7/h2-4,8-9,11H,5H2,1H3. The number of aryl methyl sites for hydroxylation is 1. The van der Waals surface area contributed by atoms with E-state index in [-0.39, 0.29) is 0 Å². The van der Waals surface area contributed by atoms with Gasteiger partial charge in [0.1, 0.15) is 0 Å². The third-order valence-electron chi connectivity index (χ3n) is 2.82. The van der Waals surface area contributed by atoms with Crippen LogP contribution < -0.4 is 5.32 Å². The molecular formula is C10H11N. The Morgan fingerprint density at radius 1 is 1.45 bits per heavy atom. The molecule has 1 aromatic carbocycles. The van der Waals surface area contributed by atoms with Gasteiger partial charge in [0.25, 0.3) is 0 Å². The fraction of sp³-hybridized carbons (Fsp3) is 0.400. The number of hydrogen-bond donors (Lipinski definition) is 1. The van der Waals surface area contributed by atoms with E-state index in [0.29, 0.717) is 0 Å². The van der Waals surface area contributed by atoms with Gasteiger partial charge in [0, 0.05) is 17.6 Å². The van der Waals surface area contributed by atoms with E-state index in [0.717, 1.165) is 12.0 Å². The van der Waals surface area contributed by atoms with Crippen molar-refractivity contribution in [3.8, 4) is 0 Å². The van der Waals surface area contributed by atoms with E-state index in [2.05, 4.69) is 30.4 Å². The van der Waals surface area contributed by atoms with Gasteiger partial charge in [-0.3, -0.25) is 0 Å². The molecule has 1 saturated carbocycles. The fourth-order valence-corrected chi connectivity index (χ4v) is 2.08. The maximum Gasteiger partial charge on any atom is 0.0408 e. The highest BCUT2D eigenvalue weighted by Gasteiger charge is 2.45. The Labute approximate surface area is 66.4 Å². The minimum Gasteiger partial charge on any atom is -0.381 e. The van der Waals surface area contributed by atoms with Gasteiger partial charge in [-0.15, -0.1) is 0 Å². The summed E-state index contributed by atoms with van der Waals surface area (Å²) >= 11 is 0. The first kappa shape index (κ1) is 5.64. The molecule has 1 aliphatic carbocycles. The van der Waals surface area contributed by atoms with Gasteiger partial charge in [0.15, 0.2) is 0 Å². The van der Waals surface area contributed by atoms with E-state index < -0.39 is 0 Å². The van der Waals surface area contributed by atoms with Crippen molar-refractivity contribution >= 4 is 5.69 Å². The van der Waals surface area contributed by atoms with Gasteiger partial charge in [-0.25, -0.2) is 0 Å². The zero-order valence-corrected chi connectivity index (χ0v) is 6.59. The topological polar surface area (TPSA) is 12.0 Å². The van der Waals surface area contributed by atoms with Crippen molar-refractivity contribution in [1.82, 2.24) is 0 Å². The minimum absolute atomic E-state index is 0.783. The Morgan fingerprint density at radius 3 is 3.18 bits per heavy atom. The Hall–Kier alpha value is -0.980. The number of benzene rings is 1. The van der Waals surface area contributed by atoms with Crippen molar-refractivity contribution in [3.05, 3.63) is 29.3 Å². The summed E-state index contributed by atoms with van der Waals surface area (Å²) in [6.07, 6.45) is 1.36. The summed E-state index contributed by atoms with van der Waals surface area (Å²) in [4.78, 5) is 0. The van der Waals surface area contributed by atoms with Crippen LogP contribution in [0.15, 0.2) is 18.2 Å². The maximum atomic E-state index is 3.54. The van der Waals surface area contributed by atoms with Crippen LogP contribution in [0.2, 0.25) is 0 Å². The number of rotatable bonds is 0. The van der Waals surface area contributed by atoms with Gasteiger partial charge in [-0.2, -0.15) is 0 Å². The molecule has 2 aliphatic rings. The van der Waals surface area contributed by atoms with Gasteiger partial charge >= 0.3 is 0 Å². The molecule has 2 atom stereocenters. The van der Waals surface area contributed by atoms with Crippen LogP contribution in [0.4, 0.5) is 5.69 Å². The highest BCUT2D eigenvalue weighted by Crippen LogP contribution is 2.52. The molecule has 0 radical (unpaired) electrons. The summed E-state index contributed by atoms with van der Waals surface area (Å²) in [6.45, 7) is 2.18. The van der Waals surface area contributed by atoms with Crippen molar-refractivity contribution in [2.75, 3.05) is 5.32 Å². The predicted molar refractivity (Wildman–Crippen MR) is 45.9 cm³/mol. The zero-order chi connectivity index (χ0) is 7.42. The van der Waals surface area contributed by atoms with Gasteiger partial charge < -0.3 is 5.32 Å². The number of para-hydroxylation sites is 1. The van der Waals surface area contributed by atoms with E-state index >= 15 is 0 Å². The first-order chi connectivity index (χ1) is 5.36. The number of hydrogen-bond acceptors (Lipinski definition) is 1. The summed E-state index contributed by atoms with van der Waals surface area (Å²) in [6, 6.07) is 7.38. The molecule has 56 valence electrons. The summed E-state index contributed by atoms with van der Waals surface area (Å²) in [5, 5.41) is 3.54. The normalized spacial score (nSPS) is 30.6. The zero-order valence-electron chi connectivity index (χ0n) is 6.59. The molecule has 1 aromatic rings. The van der Waals surface area contributed by atoms with Crippen LogP contribution in [0.3, 0.4) is 0 Å². The van der Waals surface area contributed by atoms with Crippen molar-refractivity contribution in [3.63, 3.8) is 0 Å². The van der Waals surface area contributed by atoms with Crippen molar-refractivity contribution in [2.24, 2.45) is 0 Å². The van der Waals surface area contributed by atoms with Crippen LogP contribution in [0.25, 0.3) is 0 Å². The molecule has 1 aliphatic heterocycles.